The van der Waals surface area contributed by atoms with Crippen LogP contribution in [-0.4, -0.2) is 17.4 Å². The van der Waals surface area contributed by atoms with Gasteiger partial charge in [0, 0.05) is 29.7 Å². The summed E-state index contributed by atoms with van der Waals surface area (Å²) < 4.78 is 14.1. The van der Waals surface area contributed by atoms with E-state index in [9.17, 15) is 9.18 Å². The molecule has 1 heterocycles. The third-order valence-corrected chi connectivity index (χ3v) is 5.25. The van der Waals surface area contributed by atoms with Crippen molar-refractivity contribution < 1.29 is 9.18 Å². The average molecular weight is 362 g/mol. The van der Waals surface area contributed by atoms with Crippen molar-refractivity contribution in [3.63, 3.8) is 0 Å². The molecule has 1 amide bonds. The van der Waals surface area contributed by atoms with Crippen LogP contribution in [0, 0.1) is 5.82 Å². The second-order valence-corrected chi connectivity index (χ2v) is 7.07. The summed E-state index contributed by atoms with van der Waals surface area (Å²) in [5, 5.41) is 3.87. The van der Waals surface area contributed by atoms with Crippen LogP contribution < -0.4 is 0 Å². The van der Waals surface area contributed by atoms with Gasteiger partial charge in [-0.25, -0.2) is 4.39 Å². The lowest BCUT2D eigenvalue weighted by Crippen LogP contribution is -2.30. The molecule has 0 aliphatic heterocycles. The largest absolute Gasteiger partial charge is 0.338 e. The van der Waals surface area contributed by atoms with Gasteiger partial charge >= 0.3 is 0 Å². The number of hydrogen-bond donors (Lipinski definition) is 0. The van der Waals surface area contributed by atoms with E-state index in [2.05, 4.69) is 5.38 Å². The fourth-order valence-corrected chi connectivity index (χ4v) is 3.75. The maximum atomic E-state index is 13.0. The van der Waals surface area contributed by atoms with Gasteiger partial charge in [0.2, 0.25) is 5.91 Å². The Balaban J connectivity index is 1.74. The summed E-state index contributed by atoms with van der Waals surface area (Å²) in [5.74, 6) is -0.220. The standard InChI is InChI=1S/C19H17ClFNOS/c1-13(23)22(9-8-14-2-5-17(21)6-3-14)11-15-12-24-19-7-4-16(20)10-18(15)19/h2-7,10,12H,8-9,11H2,1H3. The Kier molecular flexibility index (Phi) is 5.17. The number of hydrogen-bond acceptors (Lipinski definition) is 2. The number of benzene rings is 2. The first-order valence-electron chi connectivity index (χ1n) is 7.68. The minimum Gasteiger partial charge on any atom is -0.338 e. The molecule has 0 aliphatic carbocycles. The summed E-state index contributed by atoms with van der Waals surface area (Å²) >= 11 is 7.75. The molecule has 3 rings (SSSR count). The van der Waals surface area contributed by atoms with Crippen molar-refractivity contribution in [1.29, 1.82) is 0 Å². The molecule has 2 aromatic carbocycles. The van der Waals surface area contributed by atoms with Crippen molar-refractivity contribution in [2.24, 2.45) is 0 Å². The fraction of sp³-hybridized carbons (Fsp3) is 0.211. The van der Waals surface area contributed by atoms with E-state index in [1.165, 1.54) is 12.1 Å². The zero-order valence-corrected chi connectivity index (χ0v) is 14.8. The summed E-state index contributed by atoms with van der Waals surface area (Å²) in [4.78, 5) is 13.8. The molecule has 0 fully saturated rings. The van der Waals surface area contributed by atoms with Gasteiger partial charge < -0.3 is 4.90 Å². The molecule has 5 heteroatoms. The van der Waals surface area contributed by atoms with Crippen molar-refractivity contribution in [3.05, 3.63) is 69.8 Å². The number of nitrogens with zero attached hydrogens (tertiary/aromatic N) is 1. The van der Waals surface area contributed by atoms with Crippen molar-refractivity contribution >= 4 is 38.9 Å². The van der Waals surface area contributed by atoms with Crippen LogP contribution >= 0.6 is 22.9 Å². The second-order valence-electron chi connectivity index (χ2n) is 5.72. The molecular formula is C19H17ClFNOS. The highest BCUT2D eigenvalue weighted by Crippen LogP contribution is 2.29. The van der Waals surface area contributed by atoms with E-state index >= 15 is 0 Å². The Morgan fingerprint density at radius 2 is 1.96 bits per heavy atom. The number of thiophene rings is 1. The van der Waals surface area contributed by atoms with Gasteiger partial charge in [0.15, 0.2) is 0 Å². The van der Waals surface area contributed by atoms with Crippen LogP contribution in [0.4, 0.5) is 4.39 Å². The summed E-state index contributed by atoms with van der Waals surface area (Å²) in [7, 11) is 0. The molecule has 24 heavy (non-hydrogen) atoms. The lowest BCUT2D eigenvalue weighted by Gasteiger charge is -2.21. The zero-order chi connectivity index (χ0) is 17.1. The van der Waals surface area contributed by atoms with Crippen LogP contribution in [0.1, 0.15) is 18.1 Å². The quantitative estimate of drug-likeness (QED) is 0.605. The van der Waals surface area contributed by atoms with Gasteiger partial charge in [-0.1, -0.05) is 23.7 Å². The fourth-order valence-electron chi connectivity index (χ4n) is 2.65. The van der Waals surface area contributed by atoms with E-state index in [-0.39, 0.29) is 11.7 Å². The smallest absolute Gasteiger partial charge is 0.219 e. The molecule has 0 N–H and O–H groups in total. The number of rotatable bonds is 5. The van der Waals surface area contributed by atoms with E-state index in [4.69, 9.17) is 11.6 Å². The minimum absolute atomic E-state index is 0.0264. The van der Waals surface area contributed by atoms with Gasteiger partial charge in [0.05, 0.1) is 0 Å². The third kappa shape index (κ3) is 3.94. The van der Waals surface area contributed by atoms with Crippen molar-refractivity contribution in [3.8, 4) is 0 Å². The summed E-state index contributed by atoms with van der Waals surface area (Å²) in [6, 6.07) is 12.2. The Labute approximate surface area is 149 Å². The number of amides is 1. The van der Waals surface area contributed by atoms with E-state index in [1.54, 1.807) is 30.4 Å². The van der Waals surface area contributed by atoms with Crippen LogP contribution in [0.3, 0.4) is 0 Å². The highest BCUT2D eigenvalue weighted by atomic mass is 35.5. The Morgan fingerprint density at radius 1 is 1.21 bits per heavy atom. The van der Waals surface area contributed by atoms with Crippen LogP contribution in [0.2, 0.25) is 5.02 Å². The van der Waals surface area contributed by atoms with Gasteiger partial charge in [-0.2, -0.15) is 0 Å². The molecule has 0 unspecified atom stereocenters. The molecule has 0 spiro atoms. The highest BCUT2D eigenvalue weighted by Gasteiger charge is 2.13. The molecule has 1 aromatic heterocycles. The molecular weight excluding hydrogens is 345 g/mol. The summed E-state index contributed by atoms with van der Waals surface area (Å²) in [6.07, 6.45) is 0.697. The zero-order valence-electron chi connectivity index (χ0n) is 13.3. The molecule has 0 radical (unpaired) electrons. The Hall–Kier alpha value is -1.91. The molecule has 0 saturated carbocycles. The predicted molar refractivity (Wildman–Crippen MR) is 98.0 cm³/mol. The number of fused-ring (bicyclic) bond motifs is 1. The third-order valence-electron chi connectivity index (χ3n) is 4.01. The molecule has 3 aromatic rings. The van der Waals surface area contributed by atoms with Crippen molar-refractivity contribution in [2.45, 2.75) is 19.9 Å². The first-order valence-corrected chi connectivity index (χ1v) is 8.94. The summed E-state index contributed by atoms with van der Waals surface area (Å²) in [5.41, 5.74) is 2.12. The van der Waals surface area contributed by atoms with Crippen molar-refractivity contribution in [1.82, 2.24) is 4.90 Å². The highest BCUT2D eigenvalue weighted by molar-refractivity contribution is 7.17. The monoisotopic (exact) mass is 361 g/mol. The van der Waals surface area contributed by atoms with E-state index in [0.29, 0.717) is 24.5 Å². The number of carbonyl (C=O) groups excluding carboxylic acids is 1. The Bertz CT molecular complexity index is 859. The molecule has 0 bridgehead atoms. The van der Waals surface area contributed by atoms with E-state index < -0.39 is 0 Å². The van der Waals surface area contributed by atoms with Gasteiger partial charge in [-0.3, -0.25) is 4.79 Å². The molecule has 2 nitrogen and oxygen atoms in total. The van der Waals surface area contributed by atoms with Crippen LogP contribution in [0.15, 0.2) is 47.8 Å². The first-order chi connectivity index (χ1) is 11.5. The molecule has 0 saturated heterocycles. The normalized spacial score (nSPS) is 11.0. The van der Waals surface area contributed by atoms with E-state index in [0.717, 1.165) is 21.2 Å². The topological polar surface area (TPSA) is 20.3 Å². The summed E-state index contributed by atoms with van der Waals surface area (Å²) in [6.45, 7) is 2.72. The minimum atomic E-state index is -0.246. The SMILES string of the molecule is CC(=O)N(CCc1ccc(F)cc1)Cc1csc2ccc(Cl)cc12. The molecule has 124 valence electrons. The molecule has 0 aliphatic rings. The second kappa shape index (κ2) is 7.32. The number of carbonyl (C=O) groups is 1. The van der Waals surface area contributed by atoms with Crippen LogP contribution in [-0.2, 0) is 17.8 Å². The van der Waals surface area contributed by atoms with Gasteiger partial charge in [0.1, 0.15) is 5.82 Å². The lowest BCUT2D eigenvalue weighted by molar-refractivity contribution is -0.129. The first kappa shape index (κ1) is 16.9. The average Bonchev–Trinajstić information content (AvgIpc) is 2.94. The number of halogens is 2. The van der Waals surface area contributed by atoms with Gasteiger partial charge in [-0.05, 0) is 58.6 Å². The lowest BCUT2D eigenvalue weighted by atomic mass is 10.1. The predicted octanol–water partition coefficient (Wildman–Crippen LogP) is 5.29. The van der Waals surface area contributed by atoms with Crippen LogP contribution in [0.5, 0.6) is 0 Å². The van der Waals surface area contributed by atoms with Gasteiger partial charge in [-0.15, -0.1) is 11.3 Å². The molecule has 0 atom stereocenters. The maximum Gasteiger partial charge on any atom is 0.219 e. The Morgan fingerprint density at radius 3 is 2.67 bits per heavy atom. The van der Waals surface area contributed by atoms with Crippen molar-refractivity contribution in [2.75, 3.05) is 6.54 Å². The van der Waals surface area contributed by atoms with Gasteiger partial charge in [0.25, 0.3) is 0 Å². The van der Waals surface area contributed by atoms with Crippen LogP contribution in [0.25, 0.3) is 10.1 Å². The van der Waals surface area contributed by atoms with E-state index in [1.807, 2.05) is 23.1 Å². The maximum absolute atomic E-state index is 13.0.